The van der Waals surface area contributed by atoms with Gasteiger partial charge in [-0.3, -0.25) is 4.79 Å². The van der Waals surface area contributed by atoms with E-state index in [1.165, 1.54) is 4.68 Å². The number of carbonyl (C=O) groups excluding carboxylic acids is 1. The van der Waals surface area contributed by atoms with Crippen molar-refractivity contribution >= 4 is 16.9 Å². The number of furan rings is 1. The molecule has 108 valence electrons. The molecule has 0 atom stereocenters. The van der Waals surface area contributed by atoms with Crippen LogP contribution >= 0.6 is 0 Å². The molecule has 1 aromatic carbocycles. The molecular formula is C16H17N3O2. The van der Waals surface area contributed by atoms with Crippen LogP contribution in [0.3, 0.4) is 0 Å². The van der Waals surface area contributed by atoms with Crippen molar-refractivity contribution in [2.75, 3.05) is 6.54 Å². The first kappa shape index (κ1) is 13.6. The van der Waals surface area contributed by atoms with Gasteiger partial charge in [0.25, 0.3) is 0 Å². The molecule has 0 bridgehead atoms. The molecule has 0 aliphatic rings. The third-order valence-electron chi connectivity index (χ3n) is 3.66. The summed E-state index contributed by atoms with van der Waals surface area (Å²) in [5.41, 5.74) is 8.99. The van der Waals surface area contributed by atoms with Gasteiger partial charge in [0.2, 0.25) is 0 Å². The van der Waals surface area contributed by atoms with Gasteiger partial charge in [-0.15, -0.1) is 0 Å². The fraction of sp³-hybridized carbons (Fsp3) is 0.250. The zero-order valence-electron chi connectivity index (χ0n) is 12.1. The topological polar surface area (TPSA) is 74.0 Å². The van der Waals surface area contributed by atoms with Crippen molar-refractivity contribution in [1.82, 2.24) is 9.78 Å². The van der Waals surface area contributed by atoms with Crippen LogP contribution in [-0.4, -0.2) is 22.2 Å². The van der Waals surface area contributed by atoms with E-state index in [4.69, 9.17) is 10.2 Å². The highest BCUT2D eigenvalue weighted by atomic mass is 16.3. The van der Waals surface area contributed by atoms with Crippen molar-refractivity contribution in [2.24, 2.45) is 5.73 Å². The van der Waals surface area contributed by atoms with Gasteiger partial charge in [-0.25, -0.2) is 0 Å². The number of benzene rings is 1. The molecule has 0 spiro atoms. The lowest BCUT2D eigenvalue weighted by molar-refractivity contribution is 0.0916. The molecule has 0 unspecified atom stereocenters. The number of fused-ring (bicyclic) bond motifs is 1. The van der Waals surface area contributed by atoms with E-state index < -0.39 is 0 Å². The van der Waals surface area contributed by atoms with Crippen molar-refractivity contribution in [3.05, 3.63) is 53.0 Å². The Balaban J connectivity index is 2.04. The first-order valence-electron chi connectivity index (χ1n) is 6.90. The lowest BCUT2D eigenvalue weighted by atomic mass is 10.1. The molecule has 5 heteroatoms. The van der Waals surface area contributed by atoms with Crippen LogP contribution in [0.2, 0.25) is 0 Å². The highest BCUT2D eigenvalue weighted by Gasteiger charge is 2.20. The summed E-state index contributed by atoms with van der Waals surface area (Å²) < 4.78 is 7.01. The van der Waals surface area contributed by atoms with Crippen molar-refractivity contribution in [3.8, 4) is 0 Å². The van der Waals surface area contributed by atoms with Crippen LogP contribution in [0.1, 0.15) is 27.5 Å². The van der Waals surface area contributed by atoms with Crippen LogP contribution in [0.25, 0.3) is 11.0 Å². The summed E-state index contributed by atoms with van der Waals surface area (Å²) in [4.78, 5) is 12.6. The Morgan fingerprint density at radius 1 is 1.33 bits per heavy atom. The Kier molecular flexibility index (Phi) is 3.35. The zero-order valence-corrected chi connectivity index (χ0v) is 12.1. The van der Waals surface area contributed by atoms with Crippen LogP contribution in [0.15, 0.2) is 34.7 Å². The van der Waals surface area contributed by atoms with Gasteiger partial charge >= 0.3 is 5.91 Å². The standard InChI is InChI=1S/C16H17N3O2/c1-10-13(7-8-17)11(2)19(18-10)16(20)15-9-12-5-3-4-6-14(12)21-15/h3-6,9H,7-8,17H2,1-2H3. The second kappa shape index (κ2) is 5.18. The number of hydrogen-bond acceptors (Lipinski definition) is 4. The van der Waals surface area contributed by atoms with E-state index in [0.29, 0.717) is 24.3 Å². The third kappa shape index (κ3) is 2.25. The van der Waals surface area contributed by atoms with Crippen LogP contribution in [0, 0.1) is 13.8 Å². The summed E-state index contributed by atoms with van der Waals surface area (Å²) in [6, 6.07) is 9.29. The quantitative estimate of drug-likeness (QED) is 0.801. The minimum absolute atomic E-state index is 0.255. The molecule has 3 rings (SSSR count). The maximum Gasteiger partial charge on any atom is 0.314 e. The summed E-state index contributed by atoms with van der Waals surface area (Å²) in [6.45, 7) is 4.30. The van der Waals surface area contributed by atoms with E-state index in [-0.39, 0.29) is 5.91 Å². The van der Waals surface area contributed by atoms with E-state index in [2.05, 4.69) is 5.10 Å². The number of aromatic nitrogens is 2. The molecule has 5 nitrogen and oxygen atoms in total. The monoisotopic (exact) mass is 283 g/mol. The summed E-state index contributed by atoms with van der Waals surface area (Å²) in [6.07, 6.45) is 0.713. The van der Waals surface area contributed by atoms with Gasteiger partial charge in [-0.2, -0.15) is 9.78 Å². The van der Waals surface area contributed by atoms with Gasteiger partial charge in [0.1, 0.15) is 5.58 Å². The lowest BCUT2D eigenvalue weighted by Crippen LogP contribution is -2.15. The summed E-state index contributed by atoms with van der Waals surface area (Å²) in [5.74, 6) is 0.0381. The molecule has 0 aliphatic carbocycles. The highest BCUT2D eigenvalue weighted by Crippen LogP contribution is 2.21. The summed E-state index contributed by atoms with van der Waals surface area (Å²) in [7, 11) is 0. The highest BCUT2D eigenvalue weighted by molar-refractivity contribution is 5.97. The SMILES string of the molecule is Cc1nn(C(=O)c2cc3ccccc3o2)c(C)c1CCN. The molecule has 0 saturated heterocycles. The average Bonchev–Trinajstić information content (AvgIpc) is 3.03. The Labute approximate surface area is 122 Å². The van der Waals surface area contributed by atoms with Gasteiger partial charge in [-0.1, -0.05) is 18.2 Å². The molecule has 0 fully saturated rings. The maximum atomic E-state index is 12.6. The smallest absolute Gasteiger partial charge is 0.314 e. The van der Waals surface area contributed by atoms with Crippen molar-refractivity contribution in [1.29, 1.82) is 0 Å². The summed E-state index contributed by atoms with van der Waals surface area (Å²) >= 11 is 0. The Morgan fingerprint density at radius 2 is 2.10 bits per heavy atom. The molecule has 3 aromatic rings. The first-order chi connectivity index (χ1) is 10.1. The molecule has 0 saturated carbocycles. The van der Waals surface area contributed by atoms with Crippen molar-refractivity contribution in [3.63, 3.8) is 0 Å². The van der Waals surface area contributed by atoms with Crippen molar-refractivity contribution < 1.29 is 9.21 Å². The average molecular weight is 283 g/mol. The Hall–Kier alpha value is -2.40. The molecule has 0 aliphatic heterocycles. The molecule has 2 heterocycles. The van der Waals surface area contributed by atoms with Gasteiger partial charge < -0.3 is 10.2 Å². The number of nitrogens with two attached hydrogens (primary N) is 1. The number of nitrogens with zero attached hydrogens (tertiary/aromatic N) is 2. The molecular weight excluding hydrogens is 266 g/mol. The van der Waals surface area contributed by atoms with Crippen LogP contribution in [0.5, 0.6) is 0 Å². The predicted octanol–water partition coefficient (Wildman–Crippen LogP) is 2.44. The Bertz CT molecular complexity index is 781. The van der Waals surface area contributed by atoms with Crippen LogP contribution < -0.4 is 5.73 Å². The number of carbonyl (C=O) groups is 1. The van der Waals surface area contributed by atoms with Crippen molar-refractivity contribution in [2.45, 2.75) is 20.3 Å². The van der Waals surface area contributed by atoms with E-state index in [9.17, 15) is 4.79 Å². The lowest BCUT2D eigenvalue weighted by Gasteiger charge is -2.01. The number of para-hydroxylation sites is 1. The van der Waals surface area contributed by atoms with Gasteiger partial charge in [0.15, 0.2) is 5.76 Å². The second-order valence-corrected chi connectivity index (χ2v) is 5.05. The summed E-state index contributed by atoms with van der Waals surface area (Å²) in [5, 5.41) is 5.23. The van der Waals surface area contributed by atoms with Crippen LogP contribution in [0.4, 0.5) is 0 Å². The fourth-order valence-corrected chi connectivity index (χ4v) is 2.57. The molecule has 0 amide bonds. The third-order valence-corrected chi connectivity index (χ3v) is 3.66. The Morgan fingerprint density at radius 3 is 2.81 bits per heavy atom. The van der Waals surface area contributed by atoms with E-state index in [0.717, 1.165) is 22.3 Å². The normalized spacial score (nSPS) is 11.2. The van der Waals surface area contributed by atoms with E-state index in [1.54, 1.807) is 6.07 Å². The van der Waals surface area contributed by atoms with E-state index >= 15 is 0 Å². The molecule has 0 radical (unpaired) electrons. The number of hydrogen-bond donors (Lipinski definition) is 1. The largest absolute Gasteiger partial charge is 0.451 e. The predicted molar refractivity (Wildman–Crippen MR) is 80.4 cm³/mol. The minimum Gasteiger partial charge on any atom is -0.451 e. The molecule has 2 aromatic heterocycles. The first-order valence-corrected chi connectivity index (χ1v) is 6.90. The van der Waals surface area contributed by atoms with Crippen LogP contribution in [-0.2, 0) is 6.42 Å². The number of rotatable bonds is 3. The van der Waals surface area contributed by atoms with Gasteiger partial charge in [0, 0.05) is 11.1 Å². The van der Waals surface area contributed by atoms with Gasteiger partial charge in [-0.05, 0) is 44.5 Å². The maximum absolute atomic E-state index is 12.6. The minimum atomic E-state index is -0.255. The molecule has 2 N–H and O–H groups in total. The fourth-order valence-electron chi connectivity index (χ4n) is 2.57. The van der Waals surface area contributed by atoms with E-state index in [1.807, 2.05) is 38.1 Å². The number of aryl methyl sites for hydroxylation is 1. The molecule has 21 heavy (non-hydrogen) atoms. The second-order valence-electron chi connectivity index (χ2n) is 5.05. The van der Waals surface area contributed by atoms with Gasteiger partial charge in [0.05, 0.1) is 5.69 Å². The zero-order chi connectivity index (χ0) is 15.0.